The molecular weight excluding hydrogens is 417 g/mol. The Bertz CT molecular complexity index is 931. The zero-order chi connectivity index (χ0) is 22.4. The van der Waals surface area contributed by atoms with Crippen LogP contribution in [0.5, 0.6) is 5.88 Å². The first kappa shape index (κ1) is 22.3. The molecular formula is C20H21F3N4O4. The van der Waals surface area contributed by atoms with Crippen molar-refractivity contribution in [1.82, 2.24) is 10.3 Å². The van der Waals surface area contributed by atoms with Crippen LogP contribution in [0.1, 0.15) is 30.4 Å². The van der Waals surface area contributed by atoms with Crippen molar-refractivity contribution in [3.63, 3.8) is 0 Å². The third-order valence-electron chi connectivity index (χ3n) is 4.64. The predicted octanol–water partition coefficient (Wildman–Crippen LogP) is 3.92. The number of pyridine rings is 1. The standard InChI is InChI=1S/C20H21F3N4O4/c21-20(22,23)15-4-5-16(17(9-15)27(29)30)24-8-7-18(28)25-10-14-3-6-19(26-11-14)31-12-13-1-2-13/h3-6,9,11,13,24H,1-2,7-8,10,12H2,(H,25,28). The van der Waals surface area contributed by atoms with Gasteiger partial charge in [0.2, 0.25) is 11.8 Å². The summed E-state index contributed by atoms with van der Waals surface area (Å²) in [4.78, 5) is 26.3. The van der Waals surface area contributed by atoms with Crippen molar-refractivity contribution in [2.75, 3.05) is 18.5 Å². The monoisotopic (exact) mass is 438 g/mol. The Labute approximate surface area is 176 Å². The number of ether oxygens (including phenoxy) is 1. The fourth-order valence-corrected chi connectivity index (χ4v) is 2.70. The maximum atomic E-state index is 12.7. The molecule has 2 N–H and O–H groups in total. The number of anilines is 1. The molecule has 0 atom stereocenters. The van der Waals surface area contributed by atoms with Gasteiger partial charge in [0.15, 0.2) is 0 Å². The summed E-state index contributed by atoms with van der Waals surface area (Å²) in [6.45, 7) is 0.923. The quantitative estimate of drug-likeness (QED) is 0.430. The summed E-state index contributed by atoms with van der Waals surface area (Å²) in [5.41, 5.74) is -1.12. The molecule has 1 heterocycles. The number of halogens is 3. The Hall–Kier alpha value is -3.37. The zero-order valence-corrected chi connectivity index (χ0v) is 16.4. The van der Waals surface area contributed by atoms with Crippen molar-refractivity contribution in [3.05, 3.63) is 57.8 Å². The zero-order valence-electron chi connectivity index (χ0n) is 16.4. The number of alkyl halides is 3. The van der Waals surface area contributed by atoms with Gasteiger partial charge in [-0.05, 0) is 36.5 Å². The summed E-state index contributed by atoms with van der Waals surface area (Å²) in [6.07, 6.45) is -0.726. The number of nitro groups is 1. The molecule has 1 fully saturated rings. The van der Waals surface area contributed by atoms with Gasteiger partial charge in [0.25, 0.3) is 5.69 Å². The molecule has 0 aliphatic heterocycles. The van der Waals surface area contributed by atoms with Gasteiger partial charge < -0.3 is 15.4 Å². The van der Waals surface area contributed by atoms with E-state index in [1.807, 2.05) is 0 Å². The number of rotatable bonds is 10. The van der Waals surface area contributed by atoms with E-state index in [2.05, 4.69) is 15.6 Å². The summed E-state index contributed by atoms with van der Waals surface area (Å²) < 4.78 is 43.7. The van der Waals surface area contributed by atoms with Gasteiger partial charge in [0, 0.05) is 37.8 Å². The highest BCUT2D eigenvalue weighted by Gasteiger charge is 2.33. The second kappa shape index (κ2) is 9.63. The first-order valence-electron chi connectivity index (χ1n) is 9.66. The molecule has 0 unspecified atom stereocenters. The summed E-state index contributed by atoms with van der Waals surface area (Å²) in [7, 11) is 0. The number of nitrogens with one attached hydrogen (secondary N) is 2. The molecule has 1 amide bonds. The van der Waals surface area contributed by atoms with E-state index in [4.69, 9.17) is 4.74 Å². The smallest absolute Gasteiger partial charge is 0.416 e. The molecule has 1 aromatic carbocycles. The largest absolute Gasteiger partial charge is 0.477 e. The van der Waals surface area contributed by atoms with Gasteiger partial charge in [-0.15, -0.1) is 0 Å². The van der Waals surface area contributed by atoms with E-state index in [0.717, 1.165) is 17.7 Å². The van der Waals surface area contributed by atoms with Crippen LogP contribution in [0.3, 0.4) is 0 Å². The lowest BCUT2D eigenvalue weighted by Gasteiger charge is -2.11. The van der Waals surface area contributed by atoms with Crippen LogP contribution in [0.15, 0.2) is 36.5 Å². The molecule has 1 saturated carbocycles. The van der Waals surface area contributed by atoms with E-state index in [9.17, 15) is 28.1 Å². The summed E-state index contributed by atoms with van der Waals surface area (Å²) in [6, 6.07) is 5.72. The SMILES string of the molecule is O=C(CCNc1ccc(C(F)(F)F)cc1[N+](=O)[O-])NCc1ccc(OCC2CC2)nc1. The van der Waals surface area contributed by atoms with Gasteiger partial charge in [-0.3, -0.25) is 14.9 Å². The fraction of sp³-hybridized carbons (Fsp3) is 0.400. The van der Waals surface area contributed by atoms with Crippen LogP contribution in [0.2, 0.25) is 0 Å². The van der Waals surface area contributed by atoms with Crippen molar-refractivity contribution in [3.8, 4) is 5.88 Å². The van der Waals surface area contributed by atoms with Gasteiger partial charge in [0.05, 0.1) is 17.1 Å². The Kier molecular flexibility index (Phi) is 6.93. The van der Waals surface area contributed by atoms with Crippen molar-refractivity contribution in [2.24, 2.45) is 5.92 Å². The number of hydrogen-bond donors (Lipinski definition) is 2. The van der Waals surface area contributed by atoms with Crippen LogP contribution in [0.25, 0.3) is 0 Å². The predicted molar refractivity (Wildman–Crippen MR) is 106 cm³/mol. The molecule has 1 aliphatic rings. The lowest BCUT2D eigenvalue weighted by molar-refractivity contribution is -0.384. The molecule has 1 aliphatic carbocycles. The normalized spacial score (nSPS) is 13.5. The molecule has 11 heteroatoms. The van der Waals surface area contributed by atoms with Gasteiger partial charge in [-0.1, -0.05) is 6.07 Å². The first-order chi connectivity index (χ1) is 14.7. The van der Waals surface area contributed by atoms with E-state index < -0.39 is 22.4 Å². The molecule has 2 aromatic rings. The van der Waals surface area contributed by atoms with Crippen molar-refractivity contribution in [1.29, 1.82) is 0 Å². The van der Waals surface area contributed by atoms with Crippen molar-refractivity contribution < 1.29 is 27.6 Å². The van der Waals surface area contributed by atoms with E-state index in [0.29, 0.717) is 24.5 Å². The van der Waals surface area contributed by atoms with Crippen LogP contribution in [-0.4, -0.2) is 29.0 Å². The molecule has 0 spiro atoms. The number of hydrogen-bond acceptors (Lipinski definition) is 6. The Balaban J connectivity index is 1.44. The lowest BCUT2D eigenvalue weighted by atomic mass is 10.1. The number of amides is 1. The first-order valence-corrected chi connectivity index (χ1v) is 9.66. The Morgan fingerprint density at radius 1 is 1.26 bits per heavy atom. The van der Waals surface area contributed by atoms with Crippen LogP contribution in [0, 0.1) is 16.0 Å². The minimum Gasteiger partial charge on any atom is -0.477 e. The van der Waals surface area contributed by atoms with Crippen LogP contribution >= 0.6 is 0 Å². The molecule has 8 nitrogen and oxygen atoms in total. The van der Waals surface area contributed by atoms with E-state index in [1.165, 1.54) is 12.8 Å². The van der Waals surface area contributed by atoms with E-state index in [-0.39, 0.29) is 31.1 Å². The summed E-state index contributed by atoms with van der Waals surface area (Å²) in [5.74, 6) is 0.832. The highest BCUT2D eigenvalue weighted by atomic mass is 19.4. The second-order valence-electron chi connectivity index (χ2n) is 7.20. The Morgan fingerprint density at radius 3 is 2.65 bits per heavy atom. The van der Waals surface area contributed by atoms with E-state index in [1.54, 1.807) is 18.3 Å². The molecule has 0 saturated heterocycles. The molecule has 1 aromatic heterocycles. The number of nitro benzene ring substituents is 1. The Morgan fingerprint density at radius 2 is 2.03 bits per heavy atom. The van der Waals surface area contributed by atoms with Gasteiger partial charge in [0.1, 0.15) is 5.69 Å². The topological polar surface area (TPSA) is 106 Å². The lowest BCUT2D eigenvalue weighted by Crippen LogP contribution is -2.25. The van der Waals surface area contributed by atoms with Crippen molar-refractivity contribution in [2.45, 2.75) is 32.0 Å². The summed E-state index contributed by atoms with van der Waals surface area (Å²) >= 11 is 0. The highest BCUT2D eigenvalue weighted by Crippen LogP contribution is 2.35. The van der Waals surface area contributed by atoms with E-state index >= 15 is 0 Å². The fourth-order valence-electron chi connectivity index (χ4n) is 2.70. The third-order valence-corrected chi connectivity index (χ3v) is 4.64. The van der Waals surface area contributed by atoms with Crippen LogP contribution < -0.4 is 15.4 Å². The van der Waals surface area contributed by atoms with Crippen molar-refractivity contribution >= 4 is 17.3 Å². The average molecular weight is 438 g/mol. The maximum absolute atomic E-state index is 12.7. The van der Waals surface area contributed by atoms with Gasteiger partial charge >= 0.3 is 6.18 Å². The number of carbonyl (C=O) groups excluding carboxylic acids is 1. The molecule has 31 heavy (non-hydrogen) atoms. The van der Waals surface area contributed by atoms with Crippen LogP contribution in [-0.2, 0) is 17.5 Å². The minimum absolute atomic E-state index is 0.0181. The molecule has 166 valence electrons. The third kappa shape index (κ3) is 6.83. The maximum Gasteiger partial charge on any atom is 0.416 e. The van der Waals surface area contributed by atoms with Crippen LogP contribution in [0.4, 0.5) is 24.5 Å². The second-order valence-corrected chi connectivity index (χ2v) is 7.20. The minimum atomic E-state index is -4.68. The number of benzene rings is 1. The average Bonchev–Trinajstić information content (AvgIpc) is 3.55. The van der Waals surface area contributed by atoms with Gasteiger partial charge in [-0.25, -0.2) is 4.98 Å². The molecule has 0 bridgehead atoms. The molecule has 0 radical (unpaired) electrons. The van der Waals surface area contributed by atoms with Gasteiger partial charge in [-0.2, -0.15) is 13.2 Å². The summed E-state index contributed by atoms with van der Waals surface area (Å²) in [5, 5.41) is 16.4. The number of nitrogens with zero attached hydrogens (tertiary/aromatic N) is 2. The number of aromatic nitrogens is 1. The molecule has 3 rings (SSSR count). The highest BCUT2D eigenvalue weighted by molar-refractivity contribution is 5.76. The number of carbonyl (C=O) groups is 1.